The number of hydrogen-bond acceptors (Lipinski definition) is 4. The molecule has 0 aromatic heterocycles. The van der Waals surface area contributed by atoms with E-state index in [9.17, 15) is 23.5 Å². The first-order valence-corrected chi connectivity index (χ1v) is 8.13. The fraction of sp³-hybridized carbons (Fsp3) is 0.263. The maximum absolute atomic E-state index is 13.6. The van der Waals surface area contributed by atoms with Gasteiger partial charge in [0, 0.05) is 6.42 Å². The smallest absolute Gasteiger partial charge is 0.346 e. The second-order valence-corrected chi connectivity index (χ2v) is 5.67. The molecule has 27 heavy (non-hydrogen) atoms. The summed E-state index contributed by atoms with van der Waals surface area (Å²) in [5.41, 5.74) is 0.612. The molecule has 0 bridgehead atoms. The van der Waals surface area contributed by atoms with Crippen molar-refractivity contribution in [2.45, 2.75) is 18.9 Å². The van der Waals surface area contributed by atoms with Crippen LogP contribution >= 0.6 is 0 Å². The monoisotopic (exact) mass is 379 g/mol. The molecule has 0 saturated heterocycles. The highest BCUT2D eigenvalue weighted by Gasteiger charge is 2.20. The molecule has 2 aromatic rings. The molecule has 2 aromatic carbocycles. The highest BCUT2D eigenvalue weighted by Crippen LogP contribution is 2.18. The lowest BCUT2D eigenvalue weighted by Crippen LogP contribution is -2.40. The Morgan fingerprint density at radius 3 is 2.44 bits per heavy atom. The number of amides is 1. The topological polar surface area (TPSA) is 84.9 Å². The molecule has 1 amide bonds. The molecule has 2 rings (SSSR count). The van der Waals surface area contributed by atoms with Crippen molar-refractivity contribution in [1.29, 1.82) is 0 Å². The number of benzene rings is 2. The predicted molar refractivity (Wildman–Crippen MR) is 92.7 cm³/mol. The minimum atomic E-state index is -1.32. The molecule has 0 radical (unpaired) electrons. The summed E-state index contributed by atoms with van der Waals surface area (Å²) in [5.74, 6) is -2.37. The van der Waals surface area contributed by atoms with E-state index >= 15 is 0 Å². The summed E-state index contributed by atoms with van der Waals surface area (Å²) in [5, 5.41) is 11.7. The minimum absolute atomic E-state index is 0.0503. The fourth-order valence-electron chi connectivity index (χ4n) is 2.27. The third-order valence-electron chi connectivity index (χ3n) is 3.71. The van der Waals surface area contributed by atoms with E-state index in [1.807, 2.05) is 0 Å². The first-order valence-electron chi connectivity index (χ1n) is 8.13. The molecule has 2 N–H and O–H groups in total. The number of carboxylic acids is 1. The summed E-state index contributed by atoms with van der Waals surface area (Å²) >= 11 is 0. The van der Waals surface area contributed by atoms with Gasteiger partial charge in [0.2, 0.25) is 12.0 Å². The van der Waals surface area contributed by atoms with Gasteiger partial charge in [0.05, 0.1) is 13.7 Å². The van der Waals surface area contributed by atoms with Crippen LogP contribution in [0.1, 0.15) is 12.0 Å². The van der Waals surface area contributed by atoms with Gasteiger partial charge in [0.25, 0.3) is 0 Å². The molecule has 0 aliphatic heterocycles. The van der Waals surface area contributed by atoms with E-state index in [0.717, 1.165) is 12.1 Å². The molecular weight excluding hydrogens is 360 g/mol. The van der Waals surface area contributed by atoms with Crippen LogP contribution in [0.5, 0.6) is 11.5 Å². The third kappa shape index (κ3) is 6.25. The number of carboxylic acid groups (broad SMARTS) is 1. The maximum Gasteiger partial charge on any atom is 0.346 e. The quantitative estimate of drug-likeness (QED) is 0.700. The van der Waals surface area contributed by atoms with Gasteiger partial charge in [-0.25, -0.2) is 13.6 Å². The van der Waals surface area contributed by atoms with Crippen LogP contribution in [-0.4, -0.2) is 36.7 Å². The number of rotatable bonds is 9. The molecule has 144 valence electrons. The average Bonchev–Trinajstić information content (AvgIpc) is 2.64. The average molecular weight is 379 g/mol. The Bertz CT molecular complexity index is 795. The molecular formula is C19H19F2NO5. The summed E-state index contributed by atoms with van der Waals surface area (Å²) in [7, 11) is 1.36. The van der Waals surface area contributed by atoms with Gasteiger partial charge in [-0.2, -0.15) is 0 Å². The number of methoxy groups -OCH3 is 1. The lowest BCUT2D eigenvalue weighted by atomic mass is 10.1. The number of hydrogen-bond donors (Lipinski definition) is 2. The Labute approximate surface area is 154 Å². The van der Waals surface area contributed by atoms with Crippen LogP contribution in [-0.2, 0) is 16.0 Å². The van der Waals surface area contributed by atoms with E-state index in [-0.39, 0.29) is 30.9 Å². The Hall–Kier alpha value is -3.16. The number of nitrogens with one attached hydrogen (secondary N) is 1. The Balaban J connectivity index is 1.83. The van der Waals surface area contributed by atoms with Crippen LogP contribution in [0.2, 0.25) is 0 Å². The van der Waals surface area contributed by atoms with Gasteiger partial charge in [-0.3, -0.25) is 4.79 Å². The number of aryl methyl sites for hydroxylation is 1. The molecule has 0 fully saturated rings. The van der Waals surface area contributed by atoms with Gasteiger partial charge in [-0.05, 0) is 48.4 Å². The van der Waals surface area contributed by atoms with Gasteiger partial charge in [0.1, 0.15) is 11.6 Å². The lowest BCUT2D eigenvalue weighted by molar-refractivity contribution is -0.145. The number of carbonyl (C=O) groups is 2. The summed E-state index contributed by atoms with van der Waals surface area (Å²) in [6.07, 6.45) is -0.990. The van der Waals surface area contributed by atoms with Crippen LogP contribution in [0, 0.1) is 11.6 Å². The van der Waals surface area contributed by atoms with E-state index in [0.29, 0.717) is 5.56 Å². The largest absolute Gasteiger partial charge is 0.494 e. The second-order valence-electron chi connectivity index (χ2n) is 5.67. The van der Waals surface area contributed by atoms with Crippen molar-refractivity contribution in [3.63, 3.8) is 0 Å². The van der Waals surface area contributed by atoms with Gasteiger partial charge < -0.3 is 19.9 Å². The zero-order valence-corrected chi connectivity index (χ0v) is 14.6. The van der Waals surface area contributed by atoms with Gasteiger partial charge in [-0.1, -0.05) is 6.07 Å². The third-order valence-corrected chi connectivity index (χ3v) is 3.71. The Kier molecular flexibility index (Phi) is 7.10. The molecule has 0 spiro atoms. The first-order chi connectivity index (χ1) is 12.9. The van der Waals surface area contributed by atoms with E-state index in [4.69, 9.17) is 9.47 Å². The van der Waals surface area contributed by atoms with Crippen LogP contribution in [0.3, 0.4) is 0 Å². The zero-order chi connectivity index (χ0) is 19.8. The molecule has 0 heterocycles. The van der Waals surface area contributed by atoms with Crippen LogP contribution in [0.4, 0.5) is 8.78 Å². The summed E-state index contributed by atoms with van der Waals surface area (Å²) in [6, 6.07) is 9.27. The highest BCUT2D eigenvalue weighted by atomic mass is 19.1. The first kappa shape index (κ1) is 20.2. The van der Waals surface area contributed by atoms with Crippen molar-refractivity contribution in [1.82, 2.24) is 5.32 Å². The maximum atomic E-state index is 13.6. The summed E-state index contributed by atoms with van der Waals surface area (Å²) in [6.45, 7) is -0.261. The molecule has 1 unspecified atom stereocenters. The number of aliphatic carboxylic acids is 1. The van der Waals surface area contributed by atoms with Crippen molar-refractivity contribution >= 4 is 11.9 Å². The van der Waals surface area contributed by atoms with Crippen molar-refractivity contribution in [2.75, 3.05) is 13.7 Å². The summed E-state index contributed by atoms with van der Waals surface area (Å²) in [4.78, 5) is 23.2. The normalized spacial score (nSPS) is 11.5. The van der Waals surface area contributed by atoms with E-state index in [1.165, 1.54) is 31.4 Å². The van der Waals surface area contributed by atoms with Crippen LogP contribution in [0.15, 0.2) is 42.5 Å². The van der Waals surface area contributed by atoms with Crippen molar-refractivity contribution in [3.8, 4) is 11.5 Å². The number of ether oxygens (including phenoxy) is 2. The Morgan fingerprint density at radius 2 is 1.85 bits per heavy atom. The van der Waals surface area contributed by atoms with E-state index < -0.39 is 29.6 Å². The number of halogens is 2. The van der Waals surface area contributed by atoms with Gasteiger partial charge in [0.15, 0.2) is 11.6 Å². The summed E-state index contributed by atoms with van der Waals surface area (Å²) < 4.78 is 36.6. The molecule has 0 aliphatic carbocycles. The second kappa shape index (κ2) is 9.51. The zero-order valence-electron chi connectivity index (χ0n) is 14.6. The SMILES string of the molecule is COc1ccc(CCC(=O)NCC(Oc2ccc(F)cc2)C(=O)O)cc1F. The molecule has 6 nitrogen and oxygen atoms in total. The molecule has 0 aliphatic rings. The van der Waals surface area contributed by atoms with Gasteiger partial charge in [-0.15, -0.1) is 0 Å². The van der Waals surface area contributed by atoms with Crippen LogP contribution < -0.4 is 14.8 Å². The molecule has 8 heteroatoms. The Morgan fingerprint density at radius 1 is 1.15 bits per heavy atom. The lowest BCUT2D eigenvalue weighted by Gasteiger charge is -2.16. The highest BCUT2D eigenvalue weighted by molar-refractivity contribution is 5.78. The number of carbonyl (C=O) groups excluding carboxylic acids is 1. The molecule has 1 atom stereocenters. The van der Waals surface area contributed by atoms with E-state index in [2.05, 4.69) is 5.32 Å². The minimum Gasteiger partial charge on any atom is -0.494 e. The van der Waals surface area contributed by atoms with E-state index in [1.54, 1.807) is 6.07 Å². The van der Waals surface area contributed by atoms with Crippen molar-refractivity contribution in [2.24, 2.45) is 0 Å². The predicted octanol–water partition coefficient (Wildman–Crippen LogP) is 2.55. The van der Waals surface area contributed by atoms with Gasteiger partial charge >= 0.3 is 5.97 Å². The van der Waals surface area contributed by atoms with Crippen molar-refractivity contribution in [3.05, 3.63) is 59.7 Å². The fourth-order valence-corrected chi connectivity index (χ4v) is 2.27. The standard InChI is InChI=1S/C19H19F2NO5/c1-26-16-8-2-12(10-15(16)21)3-9-18(23)22-11-17(19(24)25)27-14-6-4-13(20)5-7-14/h2,4-8,10,17H,3,9,11H2,1H3,(H,22,23)(H,24,25). The van der Waals surface area contributed by atoms with Crippen LogP contribution in [0.25, 0.3) is 0 Å². The molecule has 0 saturated carbocycles. The van der Waals surface area contributed by atoms with Crippen molar-refractivity contribution < 1.29 is 33.0 Å².